The van der Waals surface area contributed by atoms with Crippen molar-refractivity contribution in [2.45, 2.75) is 26.2 Å². The van der Waals surface area contributed by atoms with Crippen LogP contribution in [0.2, 0.25) is 5.02 Å². The Morgan fingerprint density at radius 3 is 2.96 bits per heavy atom. The minimum Gasteiger partial charge on any atom is -0.342 e. The summed E-state index contributed by atoms with van der Waals surface area (Å²) in [7, 11) is 0. The first-order valence-corrected chi connectivity index (χ1v) is 9.63. The van der Waals surface area contributed by atoms with Crippen molar-refractivity contribution in [2.75, 3.05) is 18.4 Å². The highest BCUT2D eigenvalue weighted by Gasteiger charge is 2.28. The molecule has 1 saturated heterocycles. The third-order valence-corrected chi connectivity index (χ3v) is 5.42. The third-order valence-electron chi connectivity index (χ3n) is 4.33. The Labute approximate surface area is 156 Å². The van der Waals surface area contributed by atoms with E-state index in [-0.39, 0.29) is 17.7 Å². The van der Waals surface area contributed by atoms with Crippen molar-refractivity contribution in [2.24, 2.45) is 5.92 Å². The second-order valence-corrected chi connectivity index (χ2v) is 7.30. The summed E-state index contributed by atoms with van der Waals surface area (Å²) in [4.78, 5) is 30.6. The molecule has 1 aliphatic rings. The molecule has 7 heteroatoms. The number of likely N-dealkylation sites (tertiary alicyclic amines) is 1. The normalized spacial score (nSPS) is 17.4. The summed E-state index contributed by atoms with van der Waals surface area (Å²) in [5, 5.41) is 5.95. The highest BCUT2D eigenvalue weighted by atomic mass is 35.5. The first-order valence-electron chi connectivity index (χ1n) is 8.37. The zero-order valence-corrected chi connectivity index (χ0v) is 15.6. The molecule has 0 bridgehead atoms. The van der Waals surface area contributed by atoms with E-state index in [0.717, 1.165) is 30.6 Å². The summed E-state index contributed by atoms with van der Waals surface area (Å²) in [5.74, 6) is -0.154. The summed E-state index contributed by atoms with van der Waals surface area (Å²) in [6.45, 7) is 3.07. The fourth-order valence-corrected chi connectivity index (χ4v) is 3.92. The Morgan fingerprint density at radius 2 is 2.20 bits per heavy atom. The maximum absolute atomic E-state index is 12.5. The molecule has 1 fully saturated rings. The van der Waals surface area contributed by atoms with E-state index in [2.05, 4.69) is 10.3 Å². The predicted molar refractivity (Wildman–Crippen MR) is 101 cm³/mol. The molecule has 3 rings (SSSR count). The summed E-state index contributed by atoms with van der Waals surface area (Å²) >= 11 is 7.57. The molecule has 1 atom stereocenters. The quantitative estimate of drug-likeness (QED) is 0.874. The van der Waals surface area contributed by atoms with Gasteiger partial charge in [0.05, 0.1) is 11.6 Å². The van der Waals surface area contributed by atoms with Crippen LogP contribution < -0.4 is 5.32 Å². The number of benzene rings is 1. The zero-order chi connectivity index (χ0) is 17.8. The van der Waals surface area contributed by atoms with E-state index in [1.807, 2.05) is 36.6 Å². The number of carbonyl (C=O) groups excluding carboxylic acids is 2. The number of nitrogens with zero attached hydrogens (tertiary/aromatic N) is 2. The maximum atomic E-state index is 12.5. The van der Waals surface area contributed by atoms with E-state index in [4.69, 9.17) is 11.6 Å². The second-order valence-electron chi connectivity index (χ2n) is 6.04. The molecule has 5 nitrogen and oxygen atoms in total. The molecule has 0 aliphatic carbocycles. The number of nitrogens with one attached hydrogen (secondary N) is 1. The van der Waals surface area contributed by atoms with Crippen molar-refractivity contribution in [3.05, 3.63) is 34.7 Å². The molecule has 1 unspecified atom stereocenters. The topological polar surface area (TPSA) is 62.3 Å². The van der Waals surface area contributed by atoms with Gasteiger partial charge in [0.15, 0.2) is 5.13 Å². The summed E-state index contributed by atoms with van der Waals surface area (Å²) < 4.78 is 0. The summed E-state index contributed by atoms with van der Waals surface area (Å²) in [5.41, 5.74) is 1.59. The Morgan fingerprint density at radius 1 is 1.40 bits per heavy atom. The fraction of sp³-hybridized carbons (Fsp3) is 0.389. The van der Waals surface area contributed by atoms with Crippen LogP contribution in [0, 0.1) is 5.92 Å². The van der Waals surface area contributed by atoms with Gasteiger partial charge in [0.25, 0.3) is 0 Å². The number of rotatable bonds is 4. The van der Waals surface area contributed by atoms with E-state index < -0.39 is 0 Å². The SMILES string of the molecule is CCC(=O)N1CCCC(C(=O)Nc2nc(-c3ccccc3Cl)cs2)C1. The Bertz CT molecular complexity index is 777. The molecule has 2 amide bonds. The molecule has 0 spiro atoms. The van der Waals surface area contributed by atoms with Crippen molar-refractivity contribution in [3.8, 4) is 11.3 Å². The van der Waals surface area contributed by atoms with E-state index >= 15 is 0 Å². The number of carbonyl (C=O) groups is 2. The fourth-order valence-electron chi connectivity index (χ4n) is 2.97. The van der Waals surface area contributed by atoms with Gasteiger partial charge in [0, 0.05) is 35.5 Å². The van der Waals surface area contributed by atoms with Crippen LogP contribution in [-0.4, -0.2) is 34.8 Å². The highest BCUT2D eigenvalue weighted by molar-refractivity contribution is 7.14. The number of thiazole rings is 1. The van der Waals surface area contributed by atoms with Crippen LogP contribution in [0.5, 0.6) is 0 Å². The lowest BCUT2D eigenvalue weighted by atomic mass is 9.97. The molecular formula is C18H20ClN3O2S. The highest BCUT2D eigenvalue weighted by Crippen LogP contribution is 2.30. The van der Waals surface area contributed by atoms with Crippen molar-refractivity contribution in [1.29, 1.82) is 0 Å². The van der Waals surface area contributed by atoms with Gasteiger partial charge in [-0.2, -0.15) is 0 Å². The first-order chi connectivity index (χ1) is 12.1. The third kappa shape index (κ3) is 4.19. The molecule has 1 aliphatic heterocycles. The molecule has 2 heterocycles. The van der Waals surface area contributed by atoms with E-state index in [1.54, 1.807) is 4.90 Å². The molecule has 0 radical (unpaired) electrons. The van der Waals surface area contributed by atoms with Gasteiger partial charge < -0.3 is 10.2 Å². The van der Waals surface area contributed by atoms with E-state index in [1.165, 1.54) is 11.3 Å². The van der Waals surface area contributed by atoms with Crippen molar-refractivity contribution in [3.63, 3.8) is 0 Å². The standard InChI is InChI=1S/C18H20ClN3O2S/c1-2-16(23)22-9-5-6-12(10-22)17(24)21-18-20-15(11-25-18)13-7-3-4-8-14(13)19/h3-4,7-8,11-12H,2,5-6,9-10H2,1H3,(H,20,21,24). The number of anilines is 1. The maximum Gasteiger partial charge on any atom is 0.231 e. The summed E-state index contributed by atoms with van der Waals surface area (Å²) in [6.07, 6.45) is 2.12. The predicted octanol–water partition coefficient (Wildman–Crippen LogP) is 4.05. The Kier molecular flexibility index (Phi) is 5.71. The zero-order valence-electron chi connectivity index (χ0n) is 14.0. The lowest BCUT2D eigenvalue weighted by Crippen LogP contribution is -2.43. The van der Waals surface area contributed by atoms with Crippen LogP contribution in [0.4, 0.5) is 5.13 Å². The number of aromatic nitrogens is 1. The van der Waals surface area contributed by atoms with Gasteiger partial charge in [0.1, 0.15) is 0 Å². The second kappa shape index (κ2) is 7.97. The van der Waals surface area contributed by atoms with Crippen LogP contribution in [0.3, 0.4) is 0 Å². The van der Waals surface area contributed by atoms with Crippen LogP contribution in [0.15, 0.2) is 29.6 Å². The van der Waals surface area contributed by atoms with Gasteiger partial charge in [-0.1, -0.05) is 36.7 Å². The van der Waals surface area contributed by atoms with Crippen molar-refractivity contribution < 1.29 is 9.59 Å². The Hall–Kier alpha value is -1.92. The number of hydrogen-bond donors (Lipinski definition) is 1. The van der Waals surface area contributed by atoms with E-state index in [0.29, 0.717) is 23.1 Å². The number of piperidine rings is 1. The molecule has 0 saturated carbocycles. The van der Waals surface area contributed by atoms with Crippen LogP contribution in [0.25, 0.3) is 11.3 Å². The molecule has 2 aromatic rings. The van der Waals surface area contributed by atoms with E-state index in [9.17, 15) is 9.59 Å². The van der Waals surface area contributed by atoms with Crippen LogP contribution >= 0.6 is 22.9 Å². The van der Waals surface area contributed by atoms with Gasteiger partial charge in [-0.3, -0.25) is 9.59 Å². The smallest absolute Gasteiger partial charge is 0.231 e. The number of hydrogen-bond acceptors (Lipinski definition) is 4. The van der Waals surface area contributed by atoms with Crippen LogP contribution in [0.1, 0.15) is 26.2 Å². The molecule has 1 aromatic heterocycles. The van der Waals surface area contributed by atoms with Gasteiger partial charge in [-0.15, -0.1) is 11.3 Å². The van der Waals surface area contributed by atoms with Crippen molar-refractivity contribution >= 4 is 39.9 Å². The number of halogens is 1. The minimum atomic E-state index is -0.183. The first kappa shape index (κ1) is 17.9. The molecular weight excluding hydrogens is 358 g/mol. The van der Waals surface area contributed by atoms with Gasteiger partial charge in [-0.25, -0.2) is 4.98 Å². The minimum absolute atomic E-state index is 0.0753. The summed E-state index contributed by atoms with van der Waals surface area (Å²) in [6, 6.07) is 7.49. The monoisotopic (exact) mass is 377 g/mol. The largest absolute Gasteiger partial charge is 0.342 e. The average Bonchev–Trinajstić information content (AvgIpc) is 3.09. The average molecular weight is 378 g/mol. The molecule has 25 heavy (non-hydrogen) atoms. The van der Waals surface area contributed by atoms with Gasteiger partial charge in [0.2, 0.25) is 11.8 Å². The lowest BCUT2D eigenvalue weighted by molar-refractivity contribution is -0.134. The molecule has 1 aromatic carbocycles. The van der Waals surface area contributed by atoms with Gasteiger partial charge >= 0.3 is 0 Å². The number of amides is 2. The molecule has 1 N–H and O–H groups in total. The van der Waals surface area contributed by atoms with Gasteiger partial charge in [-0.05, 0) is 18.9 Å². The molecule has 132 valence electrons. The van der Waals surface area contributed by atoms with Crippen LogP contribution in [-0.2, 0) is 9.59 Å². The Balaban J connectivity index is 1.66. The van der Waals surface area contributed by atoms with Crippen molar-refractivity contribution in [1.82, 2.24) is 9.88 Å². The lowest BCUT2D eigenvalue weighted by Gasteiger charge is -2.31.